The third kappa shape index (κ3) is 7.12. The molecule has 3 aromatic rings. The minimum absolute atomic E-state index is 0.0367. The van der Waals surface area contributed by atoms with Gasteiger partial charge in [0.25, 0.3) is 13.9 Å². The van der Waals surface area contributed by atoms with Crippen molar-refractivity contribution in [2.75, 3.05) is 23.4 Å². The lowest BCUT2D eigenvalue weighted by Gasteiger charge is -2.48. The molecule has 19 heteroatoms. The molecule has 0 spiro atoms. The largest absolute Gasteiger partial charge is 0.685 e. The minimum atomic E-state index is -5.88. The van der Waals surface area contributed by atoms with E-state index in [1.807, 2.05) is 5.32 Å². The first kappa shape index (κ1) is 29.2. The molecule has 17 nitrogen and oxygen atoms in total. The smallest absolute Gasteiger partial charge is 0.326 e. The molecule has 0 saturated carbocycles. The summed E-state index contributed by atoms with van der Waals surface area (Å²) in [6, 6.07) is 3.68. The van der Waals surface area contributed by atoms with Gasteiger partial charge in [-0.25, -0.2) is 24.5 Å². The lowest BCUT2D eigenvalue weighted by Crippen LogP contribution is -2.49. The zero-order valence-corrected chi connectivity index (χ0v) is 21.3. The van der Waals surface area contributed by atoms with Crippen molar-refractivity contribution < 1.29 is 44.1 Å². The molecule has 0 aliphatic rings. The normalized spacial score (nSPS) is 13.7. The maximum absolute atomic E-state index is 12.5. The highest BCUT2D eigenvalue weighted by Crippen LogP contribution is 2.61. The van der Waals surface area contributed by atoms with E-state index in [4.69, 9.17) is 21.3 Å². The molecule has 0 radical (unpaired) electrons. The van der Waals surface area contributed by atoms with Gasteiger partial charge in [0.1, 0.15) is 6.04 Å². The first-order valence-electron chi connectivity index (χ1n) is 10.5. The molecule has 0 fully saturated rings. The van der Waals surface area contributed by atoms with Crippen LogP contribution in [0.25, 0.3) is 11.2 Å². The zero-order valence-electron chi connectivity index (χ0n) is 19.5. The van der Waals surface area contributed by atoms with Gasteiger partial charge in [0, 0.05) is 18.3 Å². The maximum atomic E-state index is 12.5. The number of anilines is 3. The predicted octanol–water partition coefficient (Wildman–Crippen LogP) is -3.93. The summed E-state index contributed by atoms with van der Waals surface area (Å²) in [6.45, 7) is 0.258. The van der Waals surface area contributed by atoms with Crippen LogP contribution < -0.4 is 41.3 Å². The van der Waals surface area contributed by atoms with Crippen LogP contribution in [0.2, 0.25) is 0 Å². The van der Waals surface area contributed by atoms with E-state index in [0.717, 1.165) is 0 Å². The van der Waals surface area contributed by atoms with Crippen LogP contribution in [0.3, 0.4) is 0 Å². The number of fused-ring (bicyclic) bond motifs is 1. The average molecular weight is 568 g/mol. The van der Waals surface area contributed by atoms with E-state index in [9.17, 15) is 34.3 Å². The molecule has 2 heterocycles. The molecule has 0 aliphatic heterocycles. The highest BCUT2D eigenvalue weighted by molar-refractivity contribution is 7.74. The number of amides is 1. The Hall–Kier alpha value is -3.40. The third-order valence-corrected chi connectivity index (χ3v) is 8.95. The van der Waals surface area contributed by atoms with E-state index < -0.39 is 45.6 Å². The van der Waals surface area contributed by atoms with Crippen molar-refractivity contribution in [3.63, 3.8) is 0 Å². The predicted molar refractivity (Wildman–Crippen MR) is 128 cm³/mol. The van der Waals surface area contributed by atoms with Crippen molar-refractivity contribution in [3.05, 3.63) is 41.7 Å². The van der Waals surface area contributed by atoms with Gasteiger partial charge in [0.2, 0.25) is 11.3 Å². The molecular formula is C19H22N8O9P2-2. The summed E-state index contributed by atoms with van der Waals surface area (Å²) in [6.07, 6.45) is 0.164. The van der Waals surface area contributed by atoms with E-state index >= 15 is 0 Å². The summed E-state index contributed by atoms with van der Waals surface area (Å²) in [5, 5.41) is 8.46. The van der Waals surface area contributed by atoms with Crippen molar-refractivity contribution >= 4 is 56.4 Å². The summed E-state index contributed by atoms with van der Waals surface area (Å²) < 4.78 is 0. The third-order valence-electron chi connectivity index (χ3n) is 5.27. The fourth-order valence-corrected chi connectivity index (χ4v) is 5.81. The van der Waals surface area contributed by atoms with Crippen LogP contribution in [0.4, 0.5) is 17.5 Å². The van der Waals surface area contributed by atoms with Crippen molar-refractivity contribution in [2.24, 2.45) is 0 Å². The van der Waals surface area contributed by atoms with Gasteiger partial charge in [0.15, 0.2) is 17.0 Å². The maximum Gasteiger partial charge on any atom is 0.326 e. The van der Waals surface area contributed by atoms with E-state index in [1.165, 1.54) is 30.5 Å². The molecule has 0 aliphatic carbocycles. The molecule has 3 rings (SSSR count). The molecule has 1 amide bonds. The molecule has 204 valence electrons. The first-order valence-corrected chi connectivity index (χ1v) is 13.8. The second-order valence-corrected chi connectivity index (χ2v) is 12.0. The highest BCUT2D eigenvalue weighted by Gasteiger charge is 2.44. The van der Waals surface area contributed by atoms with Crippen LogP contribution in [0.15, 0.2) is 30.5 Å². The van der Waals surface area contributed by atoms with E-state index in [2.05, 4.69) is 19.9 Å². The molecule has 1 aromatic carbocycles. The molecule has 0 bridgehead atoms. The number of hydrogen-bond donors (Lipinski definition) is 6. The van der Waals surface area contributed by atoms with Gasteiger partial charge in [-0.05, 0) is 24.3 Å². The summed E-state index contributed by atoms with van der Waals surface area (Å²) in [5.41, 5.74) is 13.0. The van der Waals surface area contributed by atoms with E-state index in [0.29, 0.717) is 11.4 Å². The van der Waals surface area contributed by atoms with Crippen LogP contribution in [0.1, 0.15) is 22.5 Å². The second-order valence-electron chi connectivity index (χ2n) is 8.11. The Labute approximate surface area is 215 Å². The highest BCUT2D eigenvalue weighted by atomic mass is 31.3. The Morgan fingerprint density at radius 1 is 1.08 bits per heavy atom. The molecule has 38 heavy (non-hydrogen) atoms. The monoisotopic (exact) mass is 568 g/mol. The van der Waals surface area contributed by atoms with Gasteiger partial charge in [-0.1, -0.05) is 0 Å². The van der Waals surface area contributed by atoms with E-state index in [-0.39, 0.29) is 35.0 Å². The number of carboxylic acids is 1. The number of aromatic nitrogens is 4. The quantitative estimate of drug-likeness (QED) is 0.127. The second kappa shape index (κ2) is 11.1. The molecule has 0 saturated heterocycles. The van der Waals surface area contributed by atoms with Gasteiger partial charge >= 0.3 is 5.97 Å². The van der Waals surface area contributed by atoms with Crippen molar-refractivity contribution in [3.8, 4) is 0 Å². The summed E-state index contributed by atoms with van der Waals surface area (Å²) >= 11 is 0. The number of carboxylic acid groups (broad SMARTS) is 1. The minimum Gasteiger partial charge on any atom is -0.685 e. The van der Waals surface area contributed by atoms with E-state index in [1.54, 1.807) is 11.9 Å². The number of nitrogen functional groups attached to an aromatic ring is 2. The standard InChI is InChI=1S/C19H24N8O9P2/c1-27(8-10-7-22-16-14(23-10)15(20)25-19(21)26-16)11-4-2-9(3-5-11)17(28)24-12(18(29)30)6-13(37(31,32)33)38(34,35)36/h2-5,7,12-13H,6,8H2,1H3,(H,24,28)(H,29,30)(H2,31,32,33)(H2,34,35,36)(H4,20,21,22,25,26)/p-2. The lowest BCUT2D eigenvalue weighted by atomic mass is 10.1. The van der Waals surface area contributed by atoms with Crippen LogP contribution >= 0.6 is 15.9 Å². The molecular weight excluding hydrogens is 546 g/mol. The summed E-state index contributed by atoms with van der Waals surface area (Å²) in [7, 11) is -9.67. The van der Waals surface area contributed by atoms with Crippen LogP contribution in [0, 0.1) is 0 Å². The number of nitrogens with one attached hydrogen (secondary N) is 1. The Balaban J connectivity index is 1.71. The number of hydrogen-bond acceptors (Lipinski definition) is 15. The SMILES string of the molecule is CN(Cc1cnc2nc(N)nc(N)c2n1)c1ccc(C(=O)NC(CC([P+]([O-])([O-])[O-])[P+]([O-])(O)O)C(=O)O)cc1. The first-order chi connectivity index (χ1) is 17.6. The lowest BCUT2D eigenvalue weighted by molar-refractivity contribution is -0.429. The molecule has 2 aromatic heterocycles. The Bertz CT molecular complexity index is 1320. The van der Waals surface area contributed by atoms with Crippen molar-refractivity contribution in [1.82, 2.24) is 25.3 Å². The Morgan fingerprint density at radius 3 is 2.26 bits per heavy atom. The summed E-state index contributed by atoms with van der Waals surface area (Å²) in [4.78, 5) is 106. The van der Waals surface area contributed by atoms with Gasteiger partial charge in [-0.3, -0.25) is 4.79 Å². The Morgan fingerprint density at radius 2 is 1.71 bits per heavy atom. The average Bonchev–Trinajstić information content (AvgIpc) is 2.80. The number of benzene rings is 1. The van der Waals surface area contributed by atoms with Crippen molar-refractivity contribution in [2.45, 2.75) is 24.4 Å². The van der Waals surface area contributed by atoms with Gasteiger partial charge in [-0.2, -0.15) is 9.97 Å². The number of carbonyl (C=O) groups excluding carboxylic acids is 1. The van der Waals surface area contributed by atoms with Gasteiger partial charge in [-0.15, -0.1) is 7.94 Å². The molecule has 8 N–H and O–H groups in total. The number of aliphatic carboxylic acids is 1. The van der Waals surface area contributed by atoms with Crippen LogP contribution in [-0.2, 0) is 11.3 Å². The number of nitrogens with two attached hydrogens (primary N) is 2. The fraction of sp³-hybridized carbons (Fsp3) is 0.263. The van der Waals surface area contributed by atoms with Gasteiger partial charge in [0.05, 0.1) is 24.9 Å². The van der Waals surface area contributed by atoms with Crippen molar-refractivity contribution in [1.29, 1.82) is 0 Å². The Kier molecular flexibility index (Phi) is 8.55. The van der Waals surface area contributed by atoms with Gasteiger partial charge < -0.3 is 46.4 Å². The molecule has 2 unspecified atom stereocenters. The topological polar surface area (TPSA) is 306 Å². The van der Waals surface area contributed by atoms with Crippen LogP contribution in [-0.4, -0.2) is 65.2 Å². The van der Waals surface area contributed by atoms with Crippen LogP contribution in [0.5, 0.6) is 0 Å². The zero-order chi connectivity index (χ0) is 28.4. The summed E-state index contributed by atoms with van der Waals surface area (Å²) in [5.74, 6) is -2.73. The number of rotatable bonds is 10. The molecule has 2 atom stereocenters. The number of nitrogens with zero attached hydrogens (tertiary/aromatic N) is 5. The fourth-order valence-electron chi connectivity index (χ4n) is 3.39. The number of carbonyl (C=O) groups is 2.